The van der Waals surface area contributed by atoms with Crippen LogP contribution >= 0.6 is 34.2 Å². The number of nitrogens with zero attached hydrogens (tertiary/aromatic N) is 2. The summed E-state index contributed by atoms with van der Waals surface area (Å²) in [7, 11) is 0. The maximum Gasteiger partial charge on any atom is 0.146 e. The highest BCUT2D eigenvalue weighted by atomic mass is 127. The van der Waals surface area contributed by atoms with Crippen LogP contribution in [0.25, 0.3) is 0 Å². The molecule has 4 heteroatoms. The molecule has 0 atom stereocenters. The van der Waals surface area contributed by atoms with E-state index < -0.39 is 0 Å². The summed E-state index contributed by atoms with van der Waals surface area (Å²) >= 11 is 8.57. The minimum Gasteiger partial charge on any atom is -0.236 e. The van der Waals surface area contributed by atoms with E-state index in [9.17, 15) is 0 Å². The number of rotatable bonds is 4. The van der Waals surface area contributed by atoms with E-state index >= 15 is 0 Å². The second kappa shape index (κ2) is 5.60. The third-order valence-corrected chi connectivity index (χ3v) is 5.60. The van der Waals surface area contributed by atoms with E-state index in [-0.39, 0.29) is 5.41 Å². The molecule has 0 bridgehead atoms. The van der Waals surface area contributed by atoms with Crippen LogP contribution in [-0.4, -0.2) is 9.97 Å². The van der Waals surface area contributed by atoms with Gasteiger partial charge in [0.25, 0.3) is 0 Å². The molecule has 0 radical (unpaired) electrons. The van der Waals surface area contributed by atoms with E-state index in [1.165, 1.54) is 5.56 Å². The van der Waals surface area contributed by atoms with Gasteiger partial charge in [-0.05, 0) is 47.4 Å². The van der Waals surface area contributed by atoms with Crippen molar-refractivity contribution in [1.29, 1.82) is 0 Å². The number of benzene rings is 1. The Morgan fingerprint density at radius 1 is 1.20 bits per heavy atom. The Balaban J connectivity index is 2.07. The molecule has 0 saturated heterocycles. The molecular formula is C16H16ClIN2. The van der Waals surface area contributed by atoms with Crippen molar-refractivity contribution in [3.05, 3.63) is 56.1 Å². The topological polar surface area (TPSA) is 25.8 Å². The van der Waals surface area contributed by atoms with E-state index in [0.29, 0.717) is 5.15 Å². The van der Waals surface area contributed by atoms with E-state index in [1.54, 1.807) is 0 Å². The largest absolute Gasteiger partial charge is 0.236 e. The Morgan fingerprint density at radius 3 is 2.50 bits per heavy atom. The van der Waals surface area contributed by atoms with Gasteiger partial charge in [-0.15, -0.1) is 0 Å². The maximum absolute atomic E-state index is 6.32. The minimum absolute atomic E-state index is 0.00225. The third-order valence-electron chi connectivity index (χ3n) is 3.87. The summed E-state index contributed by atoms with van der Waals surface area (Å²) in [4.78, 5) is 9.40. The fraction of sp³-hybridized carbons (Fsp3) is 0.375. The maximum atomic E-state index is 6.32. The van der Waals surface area contributed by atoms with Gasteiger partial charge in [0.1, 0.15) is 11.0 Å². The molecule has 2 aromatic rings. The SMILES string of the molecule is CCCc1nc(C2(c3ccccc3)CC2)nc(Cl)c1I. The average Bonchev–Trinajstić information content (AvgIpc) is 3.26. The second-order valence-electron chi connectivity index (χ2n) is 5.30. The van der Waals surface area contributed by atoms with E-state index in [0.717, 1.165) is 40.8 Å². The smallest absolute Gasteiger partial charge is 0.146 e. The molecule has 3 rings (SSSR count). The normalized spacial score (nSPS) is 16.1. The summed E-state index contributed by atoms with van der Waals surface area (Å²) in [5.74, 6) is 0.901. The number of aromatic nitrogens is 2. The summed E-state index contributed by atoms with van der Waals surface area (Å²) in [5, 5.41) is 0.598. The number of hydrogen-bond acceptors (Lipinski definition) is 2. The molecule has 1 saturated carbocycles. The third kappa shape index (κ3) is 2.46. The zero-order valence-electron chi connectivity index (χ0n) is 11.4. The molecule has 1 fully saturated rings. The fourth-order valence-corrected chi connectivity index (χ4v) is 3.30. The van der Waals surface area contributed by atoms with Gasteiger partial charge in [-0.25, -0.2) is 9.97 Å². The fourth-order valence-electron chi connectivity index (χ4n) is 2.60. The van der Waals surface area contributed by atoms with Gasteiger partial charge in [0.15, 0.2) is 0 Å². The Hall–Kier alpha value is -0.680. The summed E-state index contributed by atoms with van der Waals surface area (Å²) in [6.45, 7) is 2.16. The van der Waals surface area contributed by atoms with E-state index in [1.807, 2.05) is 6.07 Å². The Bertz CT molecular complexity index is 624. The highest BCUT2D eigenvalue weighted by Gasteiger charge is 2.49. The van der Waals surface area contributed by atoms with Crippen LogP contribution in [0.2, 0.25) is 5.15 Å². The standard InChI is InChI=1S/C16H16ClIN2/c1-2-6-12-13(18)14(17)20-15(19-12)16(9-10-16)11-7-4-3-5-8-11/h3-5,7-8H,2,6,9-10H2,1H3. The Kier molecular flexibility index (Phi) is 4.00. The van der Waals surface area contributed by atoms with Crippen molar-refractivity contribution in [3.8, 4) is 0 Å². The lowest BCUT2D eigenvalue weighted by atomic mass is 9.95. The van der Waals surface area contributed by atoms with Crippen molar-refractivity contribution in [3.63, 3.8) is 0 Å². The minimum atomic E-state index is -0.00225. The molecule has 1 heterocycles. The van der Waals surface area contributed by atoms with Crippen LogP contribution in [0.4, 0.5) is 0 Å². The first-order valence-electron chi connectivity index (χ1n) is 6.95. The van der Waals surface area contributed by atoms with Crippen LogP contribution in [0.15, 0.2) is 30.3 Å². The zero-order chi connectivity index (χ0) is 14.2. The molecule has 0 spiro atoms. The molecule has 2 nitrogen and oxygen atoms in total. The average molecular weight is 399 g/mol. The van der Waals surface area contributed by atoms with Crippen LogP contribution in [0.5, 0.6) is 0 Å². The van der Waals surface area contributed by atoms with Crippen molar-refractivity contribution < 1.29 is 0 Å². The van der Waals surface area contributed by atoms with Crippen molar-refractivity contribution in [2.45, 2.75) is 38.0 Å². The Morgan fingerprint density at radius 2 is 1.90 bits per heavy atom. The number of hydrogen-bond donors (Lipinski definition) is 0. The van der Waals surface area contributed by atoms with Gasteiger partial charge >= 0.3 is 0 Å². The highest BCUT2D eigenvalue weighted by molar-refractivity contribution is 14.1. The molecule has 1 aliphatic rings. The lowest BCUT2D eigenvalue weighted by Crippen LogP contribution is -2.16. The van der Waals surface area contributed by atoms with Gasteiger partial charge < -0.3 is 0 Å². The highest BCUT2D eigenvalue weighted by Crippen LogP contribution is 2.52. The molecule has 104 valence electrons. The van der Waals surface area contributed by atoms with Crippen molar-refractivity contribution in [2.75, 3.05) is 0 Å². The van der Waals surface area contributed by atoms with Crippen molar-refractivity contribution in [2.24, 2.45) is 0 Å². The molecule has 0 amide bonds. The predicted octanol–water partition coefficient (Wildman–Crippen LogP) is 4.77. The number of aryl methyl sites for hydroxylation is 1. The molecule has 1 aliphatic carbocycles. The van der Waals surface area contributed by atoms with Gasteiger partial charge in [0.05, 0.1) is 14.7 Å². The lowest BCUT2D eigenvalue weighted by molar-refractivity contribution is 0.728. The van der Waals surface area contributed by atoms with E-state index in [2.05, 4.69) is 58.8 Å². The van der Waals surface area contributed by atoms with Gasteiger partial charge in [-0.2, -0.15) is 0 Å². The molecule has 0 aliphatic heterocycles. The lowest BCUT2D eigenvalue weighted by Gasteiger charge is -2.16. The van der Waals surface area contributed by atoms with Crippen LogP contribution in [0.3, 0.4) is 0 Å². The van der Waals surface area contributed by atoms with E-state index in [4.69, 9.17) is 16.6 Å². The molecule has 20 heavy (non-hydrogen) atoms. The molecular weight excluding hydrogens is 383 g/mol. The van der Waals surface area contributed by atoms with Crippen LogP contribution in [-0.2, 0) is 11.8 Å². The van der Waals surface area contributed by atoms with Crippen LogP contribution < -0.4 is 0 Å². The van der Waals surface area contributed by atoms with Crippen LogP contribution in [0, 0.1) is 3.57 Å². The van der Waals surface area contributed by atoms with Gasteiger partial charge in [0, 0.05) is 0 Å². The molecule has 0 N–H and O–H groups in total. The van der Waals surface area contributed by atoms with Crippen molar-refractivity contribution in [1.82, 2.24) is 9.97 Å². The quantitative estimate of drug-likeness (QED) is 0.548. The monoisotopic (exact) mass is 398 g/mol. The summed E-state index contributed by atoms with van der Waals surface area (Å²) in [6, 6.07) is 10.5. The molecule has 0 unspecified atom stereocenters. The van der Waals surface area contributed by atoms with Gasteiger partial charge in [-0.1, -0.05) is 55.3 Å². The number of halogens is 2. The molecule has 1 aromatic heterocycles. The Labute approximate surface area is 138 Å². The van der Waals surface area contributed by atoms with Gasteiger partial charge in [0.2, 0.25) is 0 Å². The van der Waals surface area contributed by atoms with Crippen LogP contribution in [0.1, 0.15) is 43.3 Å². The summed E-state index contributed by atoms with van der Waals surface area (Å²) < 4.78 is 0.999. The first-order valence-corrected chi connectivity index (χ1v) is 8.41. The van der Waals surface area contributed by atoms with Crippen molar-refractivity contribution >= 4 is 34.2 Å². The van der Waals surface area contributed by atoms with Gasteiger partial charge in [-0.3, -0.25) is 0 Å². The molecule has 1 aromatic carbocycles. The first kappa shape index (κ1) is 14.3. The zero-order valence-corrected chi connectivity index (χ0v) is 14.3. The first-order chi connectivity index (χ1) is 9.67. The predicted molar refractivity (Wildman–Crippen MR) is 90.2 cm³/mol. The summed E-state index contributed by atoms with van der Waals surface area (Å²) in [5.41, 5.74) is 2.39. The summed E-state index contributed by atoms with van der Waals surface area (Å²) in [6.07, 6.45) is 4.25. The second-order valence-corrected chi connectivity index (χ2v) is 6.73.